The first kappa shape index (κ1) is 21.8. The molecule has 2 fully saturated rings. The molecule has 0 aromatic heterocycles. The predicted molar refractivity (Wildman–Crippen MR) is 115 cm³/mol. The van der Waals surface area contributed by atoms with E-state index in [-0.39, 0.29) is 17.1 Å². The minimum atomic E-state index is -1.18. The first-order valence-electron chi connectivity index (χ1n) is 10.7. The fourth-order valence-corrected chi connectivity index (χ4v) is 3.68. The highest BCUT2D eigenvalue weighted by molar-refractivity contribution is 5.85. The molecule has 0 radical (unpaired) electrons. The number of oxime groups is 1. The van der Waals surface area contributed by atoms with E-state index < -0.39 is 23.8 Å². The molecule has 4 rings (SSSR count). The molecule has 2 aliphatic rings. The molecule has 0 bridgehead atoms. The molecule has 0 N–H and O–H groups in total. The summed E-state index contributed by atoms with van der Waals surface area (Å²) in [5, 5.41) is 13.6. The smallest absolute Gasteiger partial charge is 0.311 e. The lowest BCUT2D eigenvalue weighted by Crippen LogP contribution is -2.15. The zero-order chi connectivity index (χ0) is 22.7. The molecule has 6 nitrogen and oxygen atoms in total. The van der Waals surface area contributed by atoms with Crippen molar-refractivity contribution in [3.05, 3.63) is 59.9 Å². The number of para-hydroxylation sites is 1. The number of ether oxygens (including phenoxy) is 2. The maximum atomic E-state index is 14.2. The lowest BCUT2D eigenvalue weighted by molar-refractivity contribution is -0.149. The fraction of sp³-hybridized carbons (Fsp3) is 0.400. The van der Waals surface area contributed by atoms with Crippen molar-refractivity contribution < 1.29 is 23.5 Å². The summed E-state index contributed by atoms with van der Waals surface area (Å²) >= 11 is 0. The second kappa shape index (κ2) is 8.99. The van der Waals surface area contributed by atoms with E-state index in [4.69, 9.17) is 14.3 Å². The van der Waals surface area contributed by atoms with Crippen molar-refractivity contribution in [3.63, 3.8) is 0 Å². The van der Waals surface area contributed by atoms with Crippen molar-refractivity contribution in [3.8, 4) is 17.6 Å². The number of benzene rings is 2. The van der Waals surface area contributed by atoms with E-state index in [9.17, 15) is 14.4 Å². The Bertz CT molecular complexity index is 1040. The summed E-state index contributed by atoms with van der Waals surface area (Å²) in [7, 11) is 0. The molecule has 32 heavy (non-hydrogen) atoms. The first-order valence-corrected chi connectivity index (χ1v) is 10.7. The molecule has 7 heteroatoms. The Morgan fingerprint density at radius 1 is 1.28 bits per heavy atom. The molecule has 0 amide bonds. The number of nitrogens with zero attached hydrogens (tertiary/aromatic N) is 2. The van der Waals surface area contributed by atoms with Crippen molar-refractivity contribution in [1.29, 1.82) is 5.26 Å². The third-order valence-electron chi connectivity index (χ3n) is 6.05. The van der Waals surface area contributed by atoms with E-state index in [1.807, 2.05) is 26.0 Å². The molecule has 166 valence electrons. The standard InChI is InChI=1S/C25H25FN2O4/c1-25(2)19(14-28-30-15-16-8-9-16)23(25)24(29)32-22(13-27)17-10-11-20(26)21(12-17)31-18-6-4-3-5-7-18/h3-7,10-12,14,16,19,22-23H,8-9,15H2,1-2H3. The fourth-order valence-electron chi connectivity index (χ4n) is 3.68. The first-order chi connectivity index (χ1) is 15.4. The van der Waals surface area contributed by atoms with Crippen LogP contribution in [0.5, 0.6) is 11.5 Å². The Balaban J connectivity index is 1.41. The highest BCUT2D eigenvalue weighted by Gasteiger charge is 2.62. The molecule has 0 aliphatic heterocycles. The van der Waals surface area contributed by atoms with Gasteiger partial charge in [0.05, 0.1) is 5.92 Å². The number of nitriles is 1. The minimum Gasteiger partial charge on any atom is -0.454 e. The number of rotatable bonds is 9. The van der Waals surface area contributed by atoms with Gasteiger partial charge in [-0.1, -0.05) is 43.3 Å². The van der Waals surface area contributed by atoms with Crippen LogP contribution in [0.25, 0.3) is 0 Å². The Morgan fingerprint density at radius 2 is 2.03 bits per heavy atom. The van der Waals surface area contributed by atoms with Crippen molar-refractivity contribution in [2.24, 2.45) is 28.3 Å². The molecule has 3 unspecified atom stereocenters. The number of esters is 1. The minimum absolute atomic E-state index is 0.0467. The van der Waals surface area contributed by atoms with Crippen LogP contribution < -0.4 is 4.74 Å². The van der Waals surface area contributed by atoms with Crippen LogP contribution in [0.2, 0.25) is 0 Å². The molecular weight excluding hydrogens is 411 g/mol. The summed E-state index contributed by atoms with van der Waals surface area (Å²) < 4.78 is 25.3. The van der Waals surface area contributed by atoms with Crippen LogP contribution in [0, 0.1) is 40.3 Å². The van der Waals surface area contributed by atoms with Gasteiger partial charge in [0, 0.05) is 17.7 Å². The molecule has 2 aliphatic carbocycles. The van der Waals surface area contributed by atoms with E-state index >= 15 is 0 Å². The normalized spacial score (nSPS) is 22.1. The van der Waals surface area contributed by atoms with E-state index in [1.165, 1.54) is 31.0 Å². The molecule has 0 saturated heterocycles. The lowest BCUT2D eigenvalue weighted by atomic mass is 10.1. The van der Waals surface area contributed by atoms with E-state index in [1.54, 1.807) is 30.5 Å². The van der Waals surface area contributed by atoms with Gasteiger partial charge in [0.15, 0.2) is 11.6 Å². The largest absolute Gasteiger partial charge is 0.454 e. The molecule has 2 aromatic carbocycles. The van der Waals surface area contributed by atoms with Gasteiger partial charge in [0.1, 0.15) is 18.4 Å². The Kier molecular flexibility index (Phi) is 6.13. The van der Waals surface area contributed by atoms with Gasteiger partial charge >= 0.3 is 5.97 Å². The summed E-state index contributed by atoms with van der Waals surface area (Å²) in [6, 6.07) is 14.7. The van der Waals surface area contributed by atoms with Gasteiger partial charge < -0.3 is 14.3 Å². The number of carbonyl (C=O) groups is 1. The quantitative estimate of drug-likeness (QED) is 0.298. The number of carbonyl (C=O) groups excluding carboxylic acids is 1. The molecule has 3 atom stereocenters. The Morgan fingerprint density at radius 3 is 2.72 bits per heavy atom. The Labute approximate surface area is 186 Å². The van der Waals surface area contributed by atoms with Crippen molar-refractivity contribution in [2.45, 2.75) is 32.8 Å². The summed E-state index contributed by atoms with van der Waals surface area (Å²) in [4.78, 5) is 18.1. The number of halogens is 1. The molecular formula is C25H25FN2O4. The summed E-state index contributed by atoms with van der Waals surface area (Å²) in [5.74, 6) is -0.607. The van der Waals surface area contributed by atoms with Crippen LogP contribution in [-0.4, -0.2) is 18.8 Å². The van der Waals surface area contributed by atoms with E-state index in [2.05, 4.69) is 5.16 Å². The van der Waals surface area contributed by atoms with Gasteiger partial charge in [0.2, 0.25) is 6.10 Å². The van der Waals surface area contributed by atoms with Crippen LogP contribution in [0.1, 0.15) is 38.4 Å². The second-order valence-corrected chi connectivity index (χ2v) is 8.87. The third kappa shape index (κ3) is 4.91. The summed E-state index contributed by atoms with van der Waals surface area (Å²) in [5.41, 5.74) is -0.00177. The maximum absolute atomic E-state index is 14.2. The summed E-state index contributed by atoms with van der Waals surface area (Å²) in [6.07, 6.45) is 2.83. The SMILES string of the molecule is CC1(C)C(C=NOCC2CC2)C1C(=O)OC(C#N)c1ccc(F)c(Oc2ccccc2)c1. The Hall–Kier alpha value is -3.40. The lowest BCUT2D eigenvalue weighted by Gasteiger charge is -2.14. The molecule has 0 spiro atoms. The van der Waals surface area contributed by atoms with Gasteiger partial charge in [-0.3, -0.25) is 4.79 Å². The maximum Gasteiger partial charge on any atom is 0.311 e. The molecule has 2 aromatic rings. The average molecular weight is 436 g/mol. The van der Waals surface area contributed by atoms with Crippen LogP contribution in [0.3, 0.4) is 0 Å². The van der Waals surface area contributed by atoms with Crippen LogP contribution in [0.4, 0.5) is 4.39 Å². The van der Waals surface area contributed by atoms with Gasteiger partial charge in [-0.25, -0.2) is 4.39 Å². The molecule has 2 saturated carbocycles. The van der Waals surface area contributed by atoms with Crippen LogP contribution >= 0.6 is 0 Å². The monoisotopic (exact) mass is 436 g/mol. The van der Waals surface area contributed by atoms with Gasteiger partial charge in [-0.05, 0) is 48.4 Å². The molecule has 0 heterocycles. The van der Waals surface area contributed by atoms with Gasteiger partial charge in [-0.2, -0.15) is 5.26 Å². The van der Waals surface area contributed by atoms with E-state index in [0.717, 1.165) is 0 Å². The highest BCUT2D eigenvalue weighted by atomic mass is 19.1. The van der Waals surface area contributed by atoms with Crippen molar-refractivity contribution >= 4 is 12.2 Å². The van der Waals surface area contributed by atoms with Crippen LogP contribution in [0.15, 0.2) is 53.7 Å². The van der Waals surface area contributed by atoms with Gasteiger partial charge in [-0.15, -0.1) is 0 Å². The topological polar surface area (TPSA) is 80.9 Å². The highest BCUT2D eigenvalue weighted by Crippen LogP contribution is 2.58. The number of hydrogen-bond donors (Lipinski definition) is 0. The number of hydrogen-bond acceptors (Lipinski definition) is 6. The van der Waals surface area contributed by atoms with E-state index in [0.29, 0.717) is 23.8 Å². The average Bonchev–Trinajstić information content (AvgIpc) is 3.69. The van der Waals surface area contributed by atoms with Crippen LogP contribution in [-0.2, 0) is 14.4 Å². The van der Waals surface area contributed by atoms with Gasteiger partial charge in [0.25, 0.3) is 0 Å². The summed E-state index contributed by atoms with van der Waals surface area (Å²) in [6.45, 7) is 4.50. The second-order valence-electron chi connectivity index (χ2n) is 8.87. The zero-order valence-electron chi connectivity index (χ0n) is 18.0. The third-order valence-corrected chi connectivity index (χ3v) is 6.05. The zero-order valence-corrected chi connectivity index (χ0v) is 18.0. The predicted octanol–water partition coefficient (Wildman–Crippen LogP) is 5.41. The van der Waals surface area contributed by atoms with Crippen molar-refractivity contribution in [1.82, 2.24) is 0 Å². The van der Waals surface area contributed by atoms with Crippen molar-refractivity contribution in [2.75, 3.05) is 6.61 Å².